The smallest absolute Gasteiger partial charge is 0.302 e. The Morgan fingerprint density at radius 1 is 0.763 bits per heavy atom. The molecule has 1 heterocycles. The van der Waals surface area contributed by atoms with Crippen LogP contribution >= 0.6 is 0 Å². The van der Waals surface area contributed by atoms with Crippen molar-refractivity contribution in [1.82, 2.24) is 25.3 Å². The van der Waals surface area contributed by atoms with Gasteiger partial charge in [-0.05, 0) is 167 Å². The fourth-order valence-corrected chi connectivity index (χ4v) is 18.8. The number of allylic oxidation sites excluding steroid dienone is 1. The molecule has 0 bridgehead atoms. The highest BCUT2D eigenvalue weighted by Crippen LogP contribution is 2.77. The molecule has 0 aromatic heterocycles. The van der Waals surface area contributed by atoms with Crippen LogP contribution in [0.3, 0.4) is 0 Å². The highest BCUT2D eigenvalue weighted by atomic mass is 16.5. The molecule has 0 aromatic carbocycles. The lowest BCUT2D eigenvalue weighted by atomic mass is 9.32. The number of hydrogen-bond acceptors (Lipinski definition) is 9. The van der Waals surface area contributed by atoms with Gasteiger partial charge in [0.05, 0.1) is 42.7 Å². The number of fused-ring (bicyclic) bond motifs is 7. The maximum Gasteiger partial charge on any atom is 0.302 e. The van der Waals surface area contributed by atoms with Crippen LogP contribution in [0.2, 0.25) is 0 Å². The zero-order valence-corrected chi connectivity index (χ0v) is 51.4. The van der Waals surface area contributed by atoms with Gasteiger partial charge < -0.3 is 34.6 Å². The minimum absolute atomic E-state index is 0.0112. The van der Waals surface area contributed by atoms with Gasteiger partial charge in [-0.2, -0.15) is 0 Å². The fraction of sp³-hybridized carbons (Fsp3) is 0.889. The molecule has 2 N–H and O–H groups in total. The first kappa shape index (κ1) is 62.2. The average Bonchev–Trinajstić information content (AvgIpc) is 4.02. The quantitative estimate of drug-likeness (QED) is 0.0847. The molecule has 18 atom stereocenters. The number of carbonyl (C=O) groups excluding carboxylic acids is 5. The van der Waals surface area contributed by atoms with Gasteiger partial charge in [0.1, 0.15) is 12.1 Å². The number of likely N-dealkylation sites (tertiary alicyclic amines) is 1. The Morgan fingerprint density at radius 2 is 1.43 bits per heavy atom. The molecule has 1 saturated heterocycles. The van der Waals surface area contributed by atoms with Gasteiger partial charge in [-0.3, -0.25) is 28.9 Å². The molecule has 5 saturated carbocycles. The van der Waals surface area contributed by atoms with E-state index in [1.165, 1.54) is 24.8 Å². The third-order valence-electron chi connectivity index (χ3n) is 23.0. The molecule has 434 valence electrons. The van der Waals surface area contributed by atoms with E-state index in [0.717, 1.165) is 64.2 Å². The number of likely N-dealkylation sites (N-methyl/N-ethyl adjacent to an activating group) is 2. The lowest BCUT2D eigenvalue weighted by molar-refractivity contribution is -0.249. The van der Waals surface area contributed by atoms with Gasteiger partial charge in [0.2, 0.25) is 23.6 Å². The van der Waals surface area contributed by atoms with Crippen LogP contribution in [0.25, 0.3) is 0 Å². The molecule has 4 amide bonds. The third kappa shape index (κ3) is 11.2. The molecule has 13 nitrogen and oxygen atoms in total. The van der Waals surface area contributed by atoms with E-state index in [-0.39, 0.29) is 93.0 Å². The van der Waals surface area contributed by atoms with Crippen LogP contribution in [-0.2, 0) is 38.2 Å². The predicted octanol–water partition coefficient (Wildman–Crippen LogP) is 10.3. The van der Waals surface area contributed by atoms with E-state index >= 15 is 0 Å². The van der Waals surface area contributed by atoms with Crippen molar-refractivity contribution in [1.29, 1.82) is 0 Å². The maximum absolute atomic E-state index is 14.7. The molecule has 0 unspecified atom stereocenters. The minimum Gasteiger partial charge on any atom is -0.462 e. The highest BCUT2D eigenvalue weighted by Gasteiger charge is 2.71. The summed E-state index contributed by atoms with van der Waals surface area (Å²) in [7, 11) is 8.81. The van der Waals surface area contributed by atoms with Crippen molar-refractivity contribution in [3.63, 3.8) is 0 Å². The van der Waals surface area contributed by atoms with E-state index in [2.05, 4.69) is 72.6 Å². The molecule has 13 heteroatoms. The Hall–Kier alpha value is -3.03. The lowest BCUT2D eigenvalue weighted by Gasteiger charge is -2.73. The summed E-state index contributed by atoms with van der Waals surface area (Å²) >= 11 is 0. The van der Waals surface area contributed by atoms with Crippen LogP contribution < -0.4 is 10.6 Å². The zero-order chi connectivity index (χ0) is 56.8. The van der Waals surface area contributed by atoms with E-state index < -0.39 is 36.3 Å². The largest absolute Gasteiger partial charge is 0.462 e. The second kappa shape index (κ2) is 24.0. The standard InChI is InChI=1S/C63H109N5O8/c1-21-40(8)54(67(18)58(73)52(38(4)5)65-57(72)53(39(6)7)66(16)17)46(74-19)35-50(70)68-34-22-23-45(68)55(75-20)41(9)56(71)64-36-63-31-26-43(37(2)3)51(63)44-24-25-48-60(13)29-28-49(76-42(10)69)59(11,12)47(60)27-30-62(48,15)61(44,14)32-33-63/h38-41,43-49,51-55H,2,21-36H2,1,3-20H3,(H,64,71)(H,65,72)/t40-,41+,43-,44+,45-,46+,47-,48+,49-,51+,52-,53-,54-,55+,60-,61+,62+,63+/m0/s1. The molecule has 5 aliphatic carbocycles. The van der Waals surface area contributed by atoms with Crippen LogP contribution in [0.5, 0.6) is 0 Å². The first-order valence-corrected chi connectivity index (χ1v) is 30.1. The van der Waals surface area contributed by atoms with Crippen molar-refractivity contribution in [3.05, 3.63) is 12.2 Å². The van der Waals surface area contributed by atoms with Crippen molar-refractivity contribution in [3.8, 4) is 0 Å². The van der Waals surface area contributed by atoms with Crippen molar-refractivity contribution in [2.45, 2.75) is 229 Å². The van der Waals surface area contributed by atoms with Crippen LogP contribution in [-0.4, -0.2) is 135 Å². The number of methoxy groups -OCH3 is 2. The summed E-state index contributed by atoms with van der Waals surface area (Å²) < 4.78 is 18.5. The van der Waals surface area contributed by atoms with Crippen molar-refractivity contribution in [2.24, 2.45) is 80.3 Å². The monoisotopic (exact) mass is 1060 g/mol. The van der Waals surface area contributed by atoms with Crippen molar-refractivity contribution >= 4 is 29.6 Å². The number of esters is 1. The molecule has 6 fully saturated rings. The maximum atomic E-state index is 14.7. The number of hydrogen-bond donors (Lipinski definition) is 2. The van der Waals surface area contributed by atoms with E-state index in [1.54, 1.807) is 33.1 Å². The van der Waals surface area contributed by atoms with Crippen LogP contribution in [0.4, 0.5) is 0 Å². The number of nitrogens with zero attached hydrogens (tertiary/aromatic N) is 3. The predicted molar refractivity (Wildman–Crippen MR) is 303 cm³/mol. The summed E-state index contributed by atoms with van der Waals surface area (Å²) in [5.41, 5.74) is 1.70. The topological polar surface area (TPSA) is 147 Å². The molecule has 0 spiro atoms. The summed E-state index contributed by atoms with van der Waals surface area (Å²) in [5.74, 6) is 1.21. The molecular formula is C63H109N5O8. The Bertz CT molecular complexity index is 2090. The number of ether oxygens (including phenoxy) is 3. The van der Waals surface area contributed by atoms with Gasteiger partial charge in [-0.1, -0.05) is 102 Å². The Kier molecular flexibility index (Phi) is 19.6. The first-order valence-electron chi connectivity index (χ1n) is 30.1. The lowest BCUT2D eigenvalue weighted by Crippen LogP contribution is -2.67. The van der Waals surface area contributed by atoms with Crippen molar-refractivity contribution < 1.29 is 38.2 Å². The van der Waals surface area contributed by atoms with E-state index in [9.17, 15) is 24.0 Å². The highest BCUT2D eigenvalue weighted by molar-refractivity contribution is 5.90. The second-order valence-corrected chi connectivity index (χ2v) is 28.2. The van der Waals surface area contributed by atoms with E-state index in [1.807, 2.05) is 58.5 Å². The molecule has 6 aliphatic rings. The fourth-order valence-electron chi connectivity index (χ4n) is 18.8. The molecular weight excluding hydrogens is 955 g/mol. The Morgan fingerprint density at radius 3 is 2.00 bits per heavy atom. The third-order valence-corrected chi connectivity index (χ3v) is 23.0. The van der Waals surface area contributed by atoms with Crippen molar-refractivity contribution in [2.75, 3.05) is 48.5 Å². The molecule has 6 rings (SSSR count). The summed E-state index contributed by atoms with van der Waals surface area (Å²) in [6, 6.07) is -1.88. The molecule has 0 aromatic rings. The summed E-state index contributed by atoms with van der Waals surface area (Å²) in [6.45, 7) is 36.3. The average molecular weight is 1060 g/mol. The van der Waals surface area contributed by atoms with Gasteiger partial charge in [0, 0.05) is 46.7 Å². The number of nitrogens with one attached hydrogen (secondary N) is 2. The molecule has 76 heavy (non-hydrogen) atoms. The summed E-state index contributed by atoms with van der Waals surface area (Å²) in [4.78, 5) is 75.3. The van der Waals surface area contributed by atoms with Gasteiger partial charge >= 0.3 is 5.97 Å². The van der Waals surface area contributed by atoms with Gasteiger partial charge in [0.25, 0.3) is 0 Å². The SMILES string of the molecule is C=C(C)[C@@H]1CC[C@]2(CNC(=O)[C@H](C)[C@@H](OC)[C@@H]3CCCN3C(=O)C[C@@H](OC)[C@H]([C@@H](C)CC)N(C)C(=O)[C@@H](NC(=O)[C@H](C(C)C)N(C)C)C(C)C)CC[C@]3(C)[C@H](CC[C@@H]4[C@@]5(C)CC[C@H](OC(C)=O)C(C)(C)[C@@H]5CC[C@]43C)[C@@H]12. The molecule has 1 aliphatic heterocycles. The number of carbonyl (C=O) groups is 5. The Labute approximate surface area is 461 Å². The number of amides is 4. The summed E-state index contributed by atoms with van der Waals surface area (Å²) in [6.07, 6.45) is 12.4. The van der Waals surface area contributed by atoms with Crippen LogP contribution in [0, 0.1) is 80.3 Å². The van der Waals surface area contributed by atoms with Gasteiger partial charge in [-0.25, -0.2) is 0 Å². The first-order chi connectivity index (χ1) is 35.4. The minimum atomic E-state index is -0.755. The zero-order valence-electron chi connectivity index (χ0n) is 51.4. The van der Waals surface area contributed by atoms with Gasteiger partial charge in [-0.15, -0.1) is 0 Å². The Balaban J connectivity index is 1.16. The normalized spacial score (nSPS) is 35.6. The molecule has 0 radical (unpaired) electrons. The van der Waals surface area contributed by atoms with Gasteiger partial charge in [0.15, 0.2) is 0 Å². The van der Waals surface area contributed by atoms with E-state index in [4.69, 9.17) is 14.2 Å². The number of rotatable bonds is 21. The van der Waals surface area contributed by atoms with E-state index in [0.29, 0.717) is 42.7 Å². The summed E-state index contributed by atoms with van der Waals surface area (Å²) in [5, 5.41) is 6.66. The van der Waals surface area contributed by atoms with Crippen LogP contribution in [0.1, 0.15) is 187 Å². The van der Waals surface area contributed by atoms with Crippen LogP contribution in [0.15, 0.2) is 12.2 Å². The second-order valence-electron chi connectivity index (χ2n) is 28.2.